The first kappa shape index (κ1) is 20.0. The number of hydrogen-bond donors (Lipinski definition) is 1. The van der Waals surface area contributed by atoms with Crippen molar-refractivity contribution < 1.29 is 4.79 Å². The summed E-state index contributed by atoms with van der Waals surface area (Å²) >= 11 is 1.60. The van der Waals surface area contributed by atoms with Gasteiger partial charge in [0.2, 0.25) is 0 Å². The molecule has 1 amide bonds. The summed E-state index contributed by atoms with van der Waals surface area (Å²) < 4.78 is 2.21. The van der Waals surface area contributed by atoms with E-state index < -0.39 is 0 Å². The largest absolute Gasteiger partial charge is 0.349 e. The summed E-state index contributed by atoms with van der Waals surface area (Å²) in [5.74, 6) is -0.0768. The Bertz CT molecular complexity index is 969. The van der Waals surface area contributed by atoms with Crippen LogP contribution in [0.25, 0.3) is 22.0 Å². The van der Waals surface area contributed by atoms with Gasteiger partial charge in [0.15, 0.2) is 0 Å². The molecular weight excluding hydrogens is 368 g/mol. The average molecular weight is 395 g/mol. The molecule has 0 aliphatic carbocycles. The summed E-state index contributed by atoms with van der Waals surface area (Å²) in [6.45, 7) is 11.1. The summed E-state index contributed by atoms with van der Waals surface area (Å²) in [5, 5.41) is 5.86. The molecule has 1 N–H and O–H groups in total. The van der Waals surface area contributed by atoms with Crippen LogP contribution in [0.15, 0.2) is 42.4 Å². The molecule has 0 radical (unpaired) electrons. The molecule has 0 spiro atoms. The van der Waals surface area contributed by atoms with Gasteiger partial charge in [-0.05, 0) is 38.5 Å². The third kappa shape index (κ3) is 4.22. The summed E-state index contributed by atoms with van der Waals surface area (Å²) in [6.07, 6.45) is 5.68. The summed E-state index contributed by atoms with van der Waals surface area (Å²) in [6, 6.07) is 5.99. The Morgan fingerprint density at radius 3 is 2.86 bits per heavy atom. The van der Waals surface area contributed by atoms with E-state index in [9.17, 15) is 4.79 Å². The molecule has 0 aliphatic rings. The normalized spacial score (nSPS) is 10.8. The van der Waals surface area contributed by atoms with Crippen molar-refractivity contribution in [1.82, 2.24) is 19.9 Å². The van der Waals surface area contributed by atoms with Gasteiger partial charge in [-0.15, -0.1) is 17.9 Å². The molecule has 28 heavy (non-hydrogen) atoms. The SMILES string of the molecule is C=CCNC(=O)c1cc(-c2csc(-c3ccc(C)nc3)n2)n(CCCC)c1C. The van der Waals surface area contributed by atoms with Gasteiger partial charge >= 0.3 is 0 Å². The molecule has 0 unspecified atom stereocenters. The van der Waals surface area contributed by atoms with Gasteiger partial charge in [-0.3, -0.25) is 9.78 Å². The number of nitrogens with one attached hydrogen (secondary N) is 1. The van der Waals surface area contributed by atoms with Crippen molar-refractivity contribution in [3.63, 3.8) is 0 Å². The molecule has 0 bridgehead atoms. The monoisotopic (exact) mass is 394 g/mol. The van der Waals surface area contributed by atoms with Crippen LogP contribution in [-0.2, 0) is 6.54 Å². The number of unbranched alkanes of at least 4 members (excludes halogenated alkanes) is 1. The summed E-state index contributed by atoms with van der Waals surface area (Å²) in [4.78, 5) is 21.8. The number of aryl methyl sites for hydroxylation is 1. The third-order valence-corrected chi connectivity index (χ3v) is 5.57. The molecular formula is C22H26N4OS. The lowest BCUT2D eigenvalue weighted by atomic mass is 10.2. The van der Waals surface area contributed by atoms with E-state index in [1.54, 1.807) is 17.4 Å². The van der Waals surface area contributed by atoms with Crippen molar-refractivity contribution >= 4 is 17.2 Å². The Kier molecular flexibility index (Phi) is 6.41. The zero-order valence-electron chi connectivity index (χ0n) is 16.7. The first-order valence-corrected chi connectivity index (χ1v) is 10.4. The number of carbonyl (C=O) groups is 1. The van der Waals surface area contributed by atoms with E-state index in [-0.39, 0.29) is 5.91 Å². The van der Waals surface area contributed by atoms with Crippen LogP contribution in [0.3, 0.4) is 0 Å². The van der Waals surface area contributed by atoms with Crippen molar-refractivity contribution in [1.29, 1.82) is 0 Å². The fraction of sp³-hybridized carbons (Fsp3) is 0.318. The maximum atomic E-state index is 12.6. The van der Waals surface area contributed by atoms with E-state index in [0.717, 1.165) is 52.7 Å². The zero-order valence-corrected chi connectivity index (χ0v) is 17.5. The van der Waals surface area contributed by atoms with Gasteiger partial charge in [0.05, 0.1) is 17.0 Å². The molecule has 3 aromatic rings. The van der Waals surface area contributed by atoms with Gasteiger partial charge in [0.25, 0.3) is 5.91 Å². The van der Waals surface area contributed by atoms with Crippen LogP contribution >= 0.6 is 11.3 Å². The molecule has 0 saturated carbocycles. The molecule has 0 atom stereocenters. The van der Waals surface area contributed by atoms with Gasteiger partial charge in [-0.2, -0.15) is 0 Å². The number of carbonyl (C=O) groups excluding carboxylic acids is 1. The van der Waals surface area contributed by atoms with Crippen molar-refractivity contribution in [3.05, 3.63) is 59.4 Å². The van der Waals surface area contributed by atoms with Gasteiger partial charge in [-0.25, -0.2) is 4.98 Å². The molecule has 146 valence electrons. The third-order valence-electron chi connectivity index (χ3n) is 4.68. The van der Waals surface area contributed by atoms with Crippen LogP contribution in [0.4, 0.5) is 0 Å². The second-order valence-electron chi connectivity index (χ2n) is 6.76. The second-order valence-corrected chi connectivity index (χ2v) is 7.62. The highest BCUT2D eigenvalue weighted by molar-refractivity contribution is 7.13. The zero-order chi connectivity index (χ0) is 20.1. The van der Waals surface area contributed by atoms with Gasteiger partial charge in [0.1, 0.15) is 5.01 Å². The smallest absolute Gasteiger partial charge is 0.253 e. The molecule has 3 heterocycles. The molecule has 0 aliphatic heterocycles. The fourth-order valence-electron chi connectivity index (χ4n) is 3.07. The number of amides is 1. The van der Waals surface area contributed by atoms with Crippen LogP contribution < -0.4 is 5.32 Å². The van der Waals surface area contributed by atoms with Gasteiger partial charge in [0, 0.05) is 41.6 Å². The van der Waals surface area contributed by atoms with Crippen LogP contribution in [0.1, 0.15) is 41.5 Å². The van der Waals surface area contributed by atoms with Crippen molar-refractivity contribution in [3.8, 4) is 22.0 Å². The van der Waals surface area contributed by atoms with E-state index in [1.807, 2.05) is 38.2 Å². The minimum absolute atomic E-state index is 0.0768. The van der Waals surface area contributed by atoms with Gasteiger partial charge < -0.3 is 9.88 Å². The Balaban J connectivity index is 1.99. The van der Waals surface area contributed by atoms with Crippen LogP contribution in [-0.4, -0.2) is 27.0 Å². The highest BCUT2D eigenvalue weighted by Crippen LogP contribution is 2.31. The number of pyridine rings is 1. The quantitative estimate of drug-likeness (QED) is 0.547. The Labute approximate surface area is 170 Å². The maximum absolute atomic E-state index is 12.6. The first-order valence-electron chi connectivity index (χ1n) is 9.53. The van der Waals surface area contributed by atoms with Crippen LogP contribution in [0, 0.1) is 13.8 Å². The lowest BCUT2D eigenvalue weighted by Gasteiger charge is -2.10. The number of thiazole rings is 1. The first-order chi connectivity index (χ1) is 13.5. The Hall–Kier alpha value is -2.73. The van der Waals surface area contributed by atoms with Crippen molar-refractivity contribution in [2.45, 2.75) is 40.2 Å². The van der Waals surface area contributed by atoms with E-state index in [0.29, 0.717) is 12.1 Å². The molecule has 3 aromatic heterocycles. The fourth-order valence-corrected chi connectivity index (χ4v) is 3.87. The highest BCUT2D eigenvalue weighted by Gasteiger charge is 2.20. The molecule has 5 nitrogen and oxygen atoms in total. The molecule has 6 heteroatoms. The van der Waals surface area contributed by atoms with Crippen LogP contribution in [0.2, 0.25) is 0 Å². The van der Waals surface area contributed by atoms with E-state index in [4.69, 9.17) is 4.98 Å². The highest BCUT2D eigenvalue weighted by atomic mass is 32.1. The minimum Gasteiger partial charge on any atom is -0.349 e. The topological polar surface area (TPSA) is 59.8 Å². The predicted octanol–water partition coefficient (Wildman–Crippen LogP) is 5.01. The molecule has 3 rings (SSSR count). The molecule has 0 aromatic carbocycles. The summed E-state index contributed by atoms with van der Waals surface area (Å²) in [7, 11) is 0. The maximum Gasteiger partial charge on any atom is 0.253 e. The number of hydrogen-bond acceptors (Lipinski definition) is 4. The van der Waals surface area contributed by atoms with E-state index >= 15 is 0 Å². The average Bonchev–Trinajstić information content (AvgIpc) is 3.30. The number of rotatable bonds is 8. The minimum atomic E-state index is -0.0768. The van der Waals surface area contributed by atoms with E-state index in [1.165, 1.54) is 0 Å². The Morgan fingerprint density at radius 1 is 1.36 bits per heavy atom. The van der Waals surface area contributed by atoms with Crippen LogP contribution in [0.5, 0.6) is 0 Å². The molecule has 0 saturated heterocycles. The standard InChI is InChI=1S/C22H26N4OS/c1-5-7-11-26-16(4)18(21(27)23-10-6-2)12-20(26)19-14-28-22(25-19)17-9-8-15(3)24-13-17/h6,8-9,12-14H,2,5,7,10-11H2,1,3-4H3,(H,23,27). The lowest BCUT2D eigenvalue weighted by Crippen LogP contribution is -2.23. The lowest BCUT2D eigenvalue weighted by molar-refractivity contribution is 0.0957. The number of nitrogens with zero attached hydrogens (tertiary/aromatic N) is 3. The van der Waals surface area contributed by atoms with Gasteiger partial charge in [-0.1, -0.05) is 19.4 Å². The van der Waals surface area contributed by atoms with Crippen molar-refractivity contribution in [2.24, 2.45) is 0 Å². The number of aromatic nitrogens is 3. The Morgan fingerprint density at radius 2 is 2.18 bits per heavy atom. The second kappa shape index (κ2) is 8.97. The predicted molar refractivity (Wildman–Crippen MR) is 116 cm³/mol. The van der Waals surface area contributed by atoms with Crippen molar-refractivity contribution in [2.75, 3.05) is 6.54 Å². The van der Waals surface area contributed by atoms with E-state index in [2.05, 4.69) is 33.8 Å². The molecule has 0 fully saturated rings. The summed E-state index contributed by atoms with van der Waals surface area (Å²) in [5.41, 5.74) is 5.53.